The second-order valence-electron chi connectivity index (χ2n) is 6.23. The molecular formula is C16H22ClN3O4. The number of carbonyl (C=O) groups excluding carboxylic acids is 3. The Morgan fingerprint density at radius 3 is 2.29 bits per heavy atom. The van der Waals surface area contributed by atoms with Gasteiger partial charge in [0.25, 0.3) is 0 Å². The molecule has 0 saturated heterocycles. The number of benzene rings is 1. The Bertz CT molecular complexity index is 641. The number of anilines is 2. The minimum atomic E-state index is -0.844. The molecule has 0 bridgehead atoms. The highest BCUT2D eigenvalue weighted by atomic mass is 35.5. The molecule has 1 atom stereocenters. The Labute approximate surface area is 146 Å². The van der Waals surface area contributed by atoms with E-state index in [9.17, 15) is 14.4 Å². The van der Waals surface area contributed by atoms with Crippen molar-refractivity contribution in [3.63, 3.8) is 0 Å². The van der Waals surface area contributed by atoms with Crippen LogP contribution in [-0.2, 0) is 14.3 Å². The van der Waals surface area contributed by atoms with Gasteiger partial charge < -0.3 is 20.7 Å². The summed E-state index contributed by atoms with van der Waals surface area (Å²) in [5, 5.41) is 8.04. The predicted octanol–water partition coefficient (Wildman–Crippen LogP) is 3.15. The summed E-state index contributed by atoms with van der Waals surface area (Å²) in [7, 11) is 0. The Kier molecular flexibility index (Phi) is 6.60. The third kappa shape index (κ3) is 6.87. The highest BCUT2D eigenvalue weighted by Gasteiger charge is 2.21. The van der Waals surface area contributed by atoms with E-state index in [0.717, 1.165) is 0 Å². The molecule has 0 aliphatic carbocycles. The number of ether oxygens (including phenoxy) is 1. The number of alkyl carbamates (subject to hydrolysis) is 1. The zero-order valence-electron chi connectivity index (χ0n) is 14.3. The molecule has 0 aliphatic rings. The average molecular weight is 356 g/mol. The van der Waals surface area contributed by atoms with Gasteiger partial charge in [0.1, 0.15) is 11.6 Å². The Morgan fingerprint density at radius 2 is 1.75 bits per heavy atom. The van der Waals surface area contributed by atoms with Gasteiger partial charge in [-0.25, -0.2) is 4.79 Å². The molecule has 1 unspecified atom stereocenters. The molecular weight excluding hydrogens is 334 g/mol. The fraction of sp³-hybridized carbons (Fsp3) is 0.438. The predicted molar refractivity (Wildman–Crippen MR) is 93.2 cm³/mol. The van der Waals surface area contributed by atoms with Crippen molar-refractivity contribution in [3.05, 3.63) is 23.2 Å². The highest BCUT2D eigenvalue weighted by Crippen LogP contribution is 2.26. The topological polar surface area (TPSA) is 96.5 Å². The molecule has 132 valence electrons. The van der Waals surface area contributed by atoms with E-state index in [4.69, 9.17) is 16.3 Å². The maximum Gasteiger partial charge on any atom is 0.408 e. The van der Waals surface area contributed by atoms with Crippen LogP contribution in [-0.4, -0.2) is 29.6 Å². The van der Waals surface area contributed by atoms with Crippen LogP contribution in [0.3, 0.4) is 0 Å². The Morgan fingerprint density at radius 1 is 1.12 bits per heavy atom. The van der Waals surface area contributed by atoms with Gasteiger partial charge in [0, 0.05) is 11.9 Å². The molecule has 24 heavy (non-hydrogen) atoms. The van der Waals surface area contributed by atoms with Crippen molar-refractivity contribution in [3.8, 4) is 0 Å². The SMILES string of the molecule is CC(=O)Nc1ccc(Cl)cc1NC(=O)C(C)NC(=O)OC(C)(C)C. The van der Waals surface area contributed by atoms with Gasteiger partial charge in [-0.2, -0.15) is 0 Å². The third-order valence-electron chi connectivity index (χ3n) is 2.68. The number of amides is 3. The first kappa shape index (κ1) is 19.8. The molecule has 0 aliphatic heterocycles. The van der Waals surface area contributed by atoms with Crippen LogP contribution in [0.25, 0.3) is 0 Å². The van der Waals surface area contributed by atoms with Crippen LogP contribution in [0.2, 0.25) is 5.02 Å². The summed E-state index contributed by atoms with van der Waals surface area (Å²) in [4.78, 5) is 35.1. The number of carbonyl (C=O) groups is 3. The number of rotatable bonds is 4. The van der Waals surface area contributed by atoms with Crippen LogP contribution in [0.15, 0.2) is 18.2 Å². The maximum absolute atomic E-state index is 12.2. The van der Waals surface area contributed by atoms with Crippen molar-refractivity contribution in [2.45, 2.75) is 46.3 Å². The van der Waals surface area contributed by atoms with Gasteiger partial charge in [0.05, 0.1) is 11.4 Å². The van der Waals surface area contributed by atoms with Crippen molar-refractivity contribution >= 4 is 40.9 Å². The Balaban J connectivity index is 2.78. The number of hydrogen-bond acceptors (Lipinski definition) is 4. The van der Waals surface area contributed by atoms with E-state index in [0.29, 0.717) is 16.4 Å². The van der Waals surface area contributed by atoms with Gasteiger partial charge in [0.15, 0.2) is 0 Å². The summed E-state index contributed by atoms with van der Waals surface area (Å²) < 4.78 is 5.10. The molecule has 3 amide bonds. The van der Waals surface area contributed by atoms with E-state index >= 15 is 0 Å². The summed E-state index contributed by atoms with van der Waals surface area (Å²) in [5.74, 6) is -0.762. The summed E-state index contributed by atoms with van der Waals surface area (Å²) in [6.07, 6.45) is -0.696. The molecule has 0 saturated carbocycles. The fourth-order valence-corrected chi connectivity index (χ4v) is 1.88. The number of halogens is 1. The molecule has 0 radical (unpaired) electrons. The molecule has 8 heteroatoms. The molecule has 1 rings (SSSR count). The lowest BCUT2D eigenvalue weighted by molar-refractivity contribution is -0.118. The lowest BCUT2D eigenvalue weighted by Gasteiger charge is -2.22. The van der Waals surface area contributed by atoms with Crippen LogP contribution < -0.4 is 16.0 Å². The van der Waals surface area contributed by atoms with Crippen LogP contribution in [0.4, 0.5) is 16.2 Å². The van der Waals surface area contributed by atoms with E-state index in [1.54, 1.807) is 32.9 Å². The molecule has 1 aromatic carbocycles. The normalized spacial score (nSPS) is 12.1. The third-order valence-corrected chi connectivity index (χ3v) is 2.91. The summed E-state index contributed by atoms with van der Waals surface area (Å²) >= 11 is 5.92. The van der Waals surface area contributed by atoms with Gasteiger partial charge in [-0.3, -0.25) is 9.59 Å². The zero-order chi connectivity index (χ0) is 18.5. The first-order valence-corrected chi connectivity index (χ1v) is 7.73. The van der Waals surface area contributed by atoms with E-state index < -0.39 is 23.6 Å². The maximum atomic E-state index is 12.2. The second kappa shape index (κ2) is 8.01. The lowest BCUT2D eigenvalue weighted by atomic mass is 10.2. The minimum Gasteiger partial charge on any atom is -0.444 e. The smallest absolute Gasteiger partial charge is 0.408 e. The van der Waals surface area contributed by atoms with Gasteiger partial charge in [0.2, 0.25) is 11.8 Å². The molecule has 0 spiro atoms. The monoisotopic (exact) mass is 355 g/mol. The largest absolute Gasteiger partial charge is 0.444 e. The standard InChI is InChI=1S/C16H22ClN3O4/c1-9(18-15(23)24-16(3,4)5)14(22)20-13-8-11(17)6-7-12(13)19-10(2)21/h6-9H,1-5H3,(H,18,23)(H,19,21)(H,20,22). The van der Waals surface area contributed by atoms with E-state index in [1.165, 1.54) is 19.9 Å². The number of nitrogens with one attached hydrogen (secondary N) is 3. The lowest BCUT2D eigenvalue weighted by Crippen LogP contribution is -2.44. The van der Waals surface area contributed by atoms with Crippen molar-refractivity contribution < 1.29 is 19.1 Å². The molecule has 0 aromatic heterocycles. The van der Waals surface area contributed by atoms with Crippen LogP contribution >= 0.6 is 11.6 Å². The molecule has 0 heterocycles. The molecule has 0 fully saturated rings. The summed E-state index contributed by atoms with van der Waals surface area (Å²) in [5.41, 5.74) is 0.0801. The van der Waals surface area contributed by atoms with Crippen molar-refractivity contribution in [1.82, 2.24) is 5.32 Å². The van der Waals surface area contributed by atoms with Gasteiger partial charge in [-0.1, -0.05) is 11.6 Å². The first-order chi connectivity index (χ1) is 11.0. The Hall–Kier alpha value is -2.28. The fourth-order valence-electron chi connectivity index (χ4n) is 1.71. The second-order valence-corrected chi connectivity index (χ2v) is 6.66. The molecule has 1 aromatic rings. The summed E-state index contributed by atoms with van der Waals surface area (Å²) in [6, 6.07) is 3.82. The highest BCUT2D eigenvalue weighted by molar-refractivity contribution is 6.31. The number of hydrogen-bond donors (Lipinski definition) is 3. The van der Waals surface area contributed by atoms with E-state index in [1.807, 2.05) is 0 Å². The first-order valence-electron chi connectivity index (χ1n) is 7.35. The van der Waals surface area contributed by atoms with Crippen molar-refractivity contribution in [2.24, 2.45) is 0 Å². The van der Waals surface area contributed by atoms with Gasteiger partial charge in [-0.05, 0) is 45.9 Å². The van der Waals surface area contributed by atoms with E-state index in [-0.39, 0.29) is 5.91 Å². The molecule has 7 nitrogen and oxygen atoms in total. The van der Waals surface area contributed by atoms with E-state index in [2.05, 4.69) is 16.0 Å². The van der Waals surface area contributed by atoms with Crippen LogP contribution in [0, 0.1) is 0 Å². The van der Waals surface area contributed by atoms with Crippen LogP contribution in [0.5, 0.6) is 0 Å². The quantitative estimate of drug-likeness (QED) is 0.772. The average Bonchev–Trinajstić information content (AvgIpc) is 2.39. The zero-order valence-corrected chi connectivity index (χ0v) is 15.1. The summed E-state index contributed by atoms with van der Waals surface area (Å²) in [6.45, 7) is 8.05. The van der Waals surface area contributed by atoms with Crippen LogP contribution in [0.1, 0.15) is 34.6 Å². The van der Waals surface area contributed by atoms with Crippen molar-refractivity contribution in [2.75, 3.05) is 10.6 Å². The van der Waals surface area contributed by atoms with Crippen molar-refractivity contribution in [1.29, 1.82) is 0 Å². The minimum absolute atomic E-state index is 0.284. The van der Waals surface area contributed by atoms with Gasteiger partial charge in [-0.15, -0.1) is 0 Å². The van der Waals surface area contributed by atoms with Gasteiger partial charge >= 0.3 is 6.09 Å². The molecule has 3 N–H and O–H groups in total.